The molecule has 1 amide bonds. The van der Waals surface area contributed by atoms with E-state index in [0.29, 0.717) is 23.6 Å². The maximum Gasteiger partial charge on any atom is 0.255 e. The molecule has 0 aliphatic carbocycles. The normalized spacial score (nSPS) is 18.2. The Labute approximate surface area is 169 Å². The Morgan fingerprint density at radius 3 is 2.46 bits per heavy atom. The van der Waals surface area contributed by atoms with E-state index in [0.717, 1.165) is 16.3 Å². The Balaban J connectivity index is 1.75. The van der Waals surface area contributed by atoms with Crippen LogP contribution in [0.5, 0.6) is 0 Å². The van der Waals surface area contributed by atoms with Gasteiger partial charge in [0.25, 0.3) is 5.91 Å². The number of hydrogen-bond acceptors (Lipinski definition) is 3. The first-order valence-electron chi connectivity index (χ1n) is 9.17. The third-order valence-corrected chi connectivity index (χ3v) is 7.31. The van der Waals surface area contributed by atoms with Crippen molar-refractivity contribution in [2.45, 2.75) is 19.0 Å². The van der Waals surface area contributed by atoms with Crippen molar-refractivity contribution < 1.29 is 13.2 Å². The largest absolute Gasteiger partial charge is 0.330 e. The Kier molecular flexibility index (Phi) is 5.13. The molecule has 0 bridgehead atoms. The molecule has 0 saturated carbocycles. The second-order valence-corrected chi connectivity index (χ2v) is 9.74. The molecule has 0 spiro atoms. The van der Waals surface area contributed by atoms with E-state index < -0.39 is 9.84 Å². The smallest absolute Gasteiger partial charge is 0.255 e. The van der Waals surface area contributed by atoms with E-state index in [1.54, 1.807) is 29.2 Å². The van der Waals surface area contributed by atoms with Gasteiger partial charge in [-0.2, -0.15) is 0 Å². The minimum atomic E-state index is -3.13. The van der Waals surface area contributed by atoms with E-state index in [9.17, 15) is 13.2 Å². The van der Waals surface area contributed by atoms with Crippen LogP contribution in [0.2, 0.25) is 5.02 Å². The first-order valence-corrected chi connectivity index (χ1v) is 11.4. The quantitative estimate of drug-likeness (QED) is 0.640. The summed E-state index contributed by atoms with van der Waals surface area (Å²) in [5, 5.41) is 2.52. The molecule has 1 atom stereocenters. The van der Waals surface area contributed by atoms with Crippen LogP contribution < -0.4 is 0 Å². The first-order chi connectivity index (χ1) is 13.4. The van der Waals surface area contributed by atoms with Crippen LogP contribution in [0.1, 0.15) is 22.3 Å². The van der Waals surface area contributed by atoms with Crippen LogP contribution >= 0.6 is 11.6 Å². The fourth-order valence-corrected chi connectivity index (χ4v) is 5.74. The van der Waals surface area contributed by atoms with Gasteiger partial charge in [-0.25, -0.2) is 8.42 Å². The lowest BCUT2D eigenvalue weighted by Gasteiger charge is -2.29. The van der Waals surface area contributed by atoms with E-state index in [1.165, 1.54) is 0 Å². The molecule has 4 rings (SSSR count). The molecule has 1 aliphatic heterocycles. The maximum absolute atomic E-state index is 13.4. The van der Waals surface area contributed by atoms with Gasteiger partial charge in [-0.05, 0) is 34.9 Å². The minimum absolute atomic E-state index is 0.00599. The van der Waals surface area contributed by atoms with Crippen LogP contribution in [0.25, 0.3) is 10.8 Å². The van der Waals surface area contributed by atoms with E-state index in [4.69, 9.17) is 11.6 Å². The lowest BCUT2D eigenvalue weighted by atomic mass is 10.0. The van der Waals surface area contributed by atoms with E-state index >= 15 is 0 Å². The number of nitrogens with zero attached hydrogens (tertiary/aromatic N) is 1. The molecule has 0 unspecified atom stereocenters. The minimum Gasteiger partial charge on any atom is -0.330 e. The predicted molar refractivity (Wildman–Crippen MR) is 112 cm³/mol. The molecule has 0 N–H and O–H groups in total. The van der Waals surface area contributed by atoms with Gasteiger partial charge in [-0.15, -0.1) is 0 Å². The molecule has 1 aliphatic rings. The summed E-state index contributed by atoms with van der Waals surface area (Å²) in [4.78, 5) is 15.0. The highest BCUT2D eigenvalue weighted by Gasteiger charge is 2.35. The van der Waals surface area contributed by atoms with Gasteiger partial charge in [-0.3, -0.25) is 4.79 Å². The number of carbonyl (C=O) groups is 1. The summed E-state index contributed by atoms with van der Waals surface area (Å²) in [6.45, 7) is 0.339. The summed E-state index contributed by atoms with van der Waals surface area (Å²) in [6, 6.07) is 20.5. The van der Waals surface area contributed by atoms with Crippen LogP contribution in [0, 0.1) is 0 Å². The predicted octanol–water partition coefficient (Wildman–Crippen LogP) is 4.32. The van der Waals surface area contributed by atoms with Gasteiger partial charge < -0.3 is 4.90 Å². The number of halogens is 1. The van der Waals surface area contributed by atoms with Crippen molar-refractivity contribution in [1.29, 1.82) is 0 Å². The molecule has 1 heterocycles. The third kappa shape index (κ3) is 3.77. The van der Waals surface area contributed by atoms with Crippen molar-refractivity contribution >= 4 is 38.1 Å². The molecule has 6 heteroatoms. The van der Waals surface area contributed by atoms with Crippen molar-refractivity contribution in [1.82, 2.24) is 4.90 Å². The zero-order valence-electron chi connectivity index (χ0n) is 15.2. The second-order valence-electron chi connectivity index (χ2n) is 7.11. The zero-order chi connectivity index (χ0) is 19.7. The summed E-state index contributed by atoms with van der Waals surface area (Å²) >= 11 is 6.26. The first kappa shape index (κ1) is 19.0. The van der Waals surface area contributed by atoms with Gasteiger partial charge in [0.15, 0.2) is 9.84 Å². The number of carbonyl (C=O) groups excluding carboxylic acids is 1. The van der Waals surface area contributed by atoms with Crippen LogP contribution in [0.15, 0.2) is 66.7 Å². The monoisotopic (exact) mass is 413 g/mol. The Morgan fingerprint density at radius 2 is 1.71 bits per heavy atom. The topological polar surface area (TPSA) is 54.5 Å². The molecule has 4 nitrogen and oxygen atoms in total. The van der Waals surface area contributed by atoms with E-state index in [1.807, 2.05) is 42.5 Å². The molecule has 0 radical (unpaired) electrons. The van der Waals surface area contributed by atoms with Gasteiger partial charge in [-0.1, -0.05) is 66.2 Å². The number of rotatable bonds is 4. The fourth-order valence-electron chi connectivity index (χ4n) is 3.79. The van der Waals surface area contributed by atoms with E-state index in [2.05, 4.69) is 0 Å². The molecule has 0 aromatic heterocycles. The molecular formula is C22H20ClNO3S. The zero-order valence-corrected chi connectivity index (χ0v) is 16.8. The Bertz CT molecular complexity index is 1140. The number of benzene rings is 3. The average molecular weight is 414 g/mol. The van der Waals surface area contributed by atoms with Crippen LogP contribution in [0.3, 0.4) is 0 Å². The third-order valence-electron chi connectivity index (χ3n) is 5.23. The lowest BCUT2D eigenvalue weighted by molar-refractivity contribution is 0.0682. The maximum atomic E-state index is 13.4. The average Bonchev–Trinajstić information content (AvgIpc) is 3.05. The van der Waals surface area contributed by atoms with Crippen molar-refractivity contribution in [3.63, 3.8) is 0 Å². The summed E-state index contributed by atoms with van der Waals surface area (Å²) in [5.74, 6) is -0.131. The summed E-state index contributed by atoms with van der Waals surface area (Å²) in [7, 11) is -3.13. The summed E-state index contributed by atoms with van der Waals surface area (Å²) in [5.41, 5.74) is 1.39. The number of amides is 1. The van der Waals surface area contributed by atoms with E-state index in [-0.39, 0.29) is 23.5 Å². The van der Waals surface area contributed by atoms with Crippen LogP contribution in [-0.4, -0.2) is 36.8 Å². The van der Waals surface area contributed by atoms with Gasteiger partial charge in [0.2, 0.25) is 0 Å². The van der Waals surface area contributed by atoms with Gasteiger partial charge in [0.05, 0.1) is 22.1 Å². The highest BCUT2D eigenvalue weighted by Crippen LogP contribution is 2.27. The summed E-state index contributed by atoms with van der Waals surface area (Å²) in [6.07, 6.45) is 0.448. The number of sulfone groups is 1. The van der Waals surface area contributed by atoms with Crippen molar-refractivity contribution in [3.05, 3.63) is 82.9 Å². The molecule has 1 saturated heterocycles. The van der Waals surface area contributed by atoms with Gasteiger partial charge in [0.1, 0.15) is 0 Å². The fraction of sp³-hybridized carbons (Fsp3) is 0.227. The highest BCUT2D eigenvalue weighted by atomic mass is 35.5. The van der Waals surface area contributed by atoms with Crippen molar-refractivity contribution in [2.75, 3.05) is 11.5 Å². The number of hydrogen-bond donors (Lipinski definition) is 0. The standard InChI is InChI=1S/C22H20ClNO3S/c23-21-11-4-3-10-20(21)22(25)24(18-12-13-28(26,27)15-18)14-17-8-5-7-16-6-1-2-9-19(16)17/h1-11,18H,12-15H2/t18-/m1/s1. The Morgan fingerprint density at radius 1 is 1.00 bits per heavy atom. The molecule has 3 aromatic rings. The molecule has 3 aromatic carbocycles. The molecular weight excluding hydrogens is 394 g/mol. The lowest BCUT2D eigenvalue weighted by Crippen LogP contribution is -2.40. The molecule has 28 heavy (non-hydrogen) atoms. The second kappa shape index (κ2) is 7.57. The van der Waals surface area contributed by atoms with Crippen LogP contribution in [-0.2, 0) is 16.4 Å². The van der Waals surface area contributed by atoms with Crippen molar-refractivity contribution in [3.8, 4) is 0 Å². The summed E-state index contributed by atoms with van der Waals surface area (Å²) < 4.78 is 24.1. The van der Waals surface area contributed by atoms with Gasteiger partial charge >= 0.3 is 0 Å². The van der Waals surface area contributed by atoms with Crippen molar-refractivity contribution in [2.24, 2.45) is 0 Å². The molecule has 144 valence electrons. The Hall–Kier alpha value is -2.37. The van der Waals surface area contributed by atoms with Gasteiger partial charge in [0, 0.05) is 12.6 Å². The van der Waals surface area contributed by atoms with Crippen LogP contribution in [0.4, 0.5) is 0 Å². The number of fused-ring (bicyclic) bond motifs is 1. The SMILES string of the molecule is O=C(c1ccccc1Cl)N(Cc1cccc2ccccc12)[C@@H]1CCS(=O)(=O)C1. The molecule has 1 fully saturated rings. The highest BCUT2D eigenvalue weighted by molar-refractivity contribution is 7.91.